The summed E-state index contributed by atoms with van der Waals surface area (Å²) >= 11 is 0. The molecule has 0 radical (unpaired) electrons. The molecular weight excluding hydrogens is 119 g/mol. The molecule has 0 bridgehead atoms. The summed E-state index contributed by atoms with van der Waals surface area (Å²) in [6.45, 7) is 1.62. The lowest BCUT2D eigenvalue weighted by Gasteiger charge is -1.96. The van der Waals surface area contributed by atoms with Crippen molar-refractivity contribution in [3.05, 3.63) is 23.8 Å². The summed E-state index contributed by atoms with van der Waals surface area (Å²) in [5, 5.41) is 0. The Balaban J connectivity index is 3.25. The number of rotatable bonds is 0. The Hall–Kier alpha value is -1.12. The number of halogens is 1. The maximum Gasteiger partial charge on any atom is 0.146 e. The van der Waals surface area contributed by atoms with E-state index in [9.17, 15) is 4.39 Å². The van der Waals surface area contributed by atoms with E-state index in [2.05, 4.69) is 4.98 Å². The topological polar surface area (TPSA) is 38.9 Å². The van der Waals surface area contributed by atoms with E-state index in [-0.39, 0.29) is 5.82 Å². The van der Waals surface area contributed by atoms with Gasteiger partial charge in [0.1, 0.15) is 5.82 Å². The predicted octanol–water partition coefficient (Wildman–Crippen LogP) is 1.11. The third-order valence-corrected chi connectivity index (χ3v) is 1.19. The van der Waals surface area contributed by atoms with Crippen LogP contribution in [0.15, 0.2) is 12.4 Å². The van der Waals surface area contributed by atoms with E-state index in [4.69, 9.17) is 5.73 Å². The Morgan fingerprint density at radius 3 is 2.67 bits per heavy atom. The molecule has 1 aromatic rings. The van der Waals surface area contributed by atoms with E-state index in [0.29, 0.717) is 11.3 Å². The van der Waals surface area contributed by atoms with Crippen molar-refractivity contribution >= 4 is 5.69 Å². The van der Waals surface area contributed by atoms with E-state index >= 15 is 0 Å². The average Bonchev–Trinajstić information content (AvgIpc) is 1.83. The van der Waals surface area contributed by atoms with Crippen molar-refractivity contribution in [1.82, 2.24) is 4.98 Å². The summed E-state index contributed by atoms with van der Waals surface area (Å²) in [4.78, 5) is 3.54. The molecule has 0 saturated heterocycles. The van der Waals surface area contributed by atoms with Crippen molar-refractivity contribution in [2.75, 3.05) is 5.73 Å². The number of pyridine rings is 1. The minimum absolute atomic E-state index is 0.352. The zero-order chi connectivity index (χ0) is 6.85. The molecular formula is C6H7FN2. The Bertz CT molecular complexity index is 202. The van der Waals surface area contributed by atoms with Gasteiger partial charge < -0.3 is 5.73 Å². The molecule has 9 heavy (non-hydrogen) atoms. The van der Waals surface area contributed by atoms with Crippen LogP contribution in [0.4, 0.5) is 10.1 Å². The number of nitrogens with zero attached hydrogens (tertiary/aromatic N) is 1. The van der Waals surface area contributed by atoms with Crippen LogP contribution < -0.4 is 5.73 Å². The summed E-state index contributed by atoms with van der Waals surface area (Å²) in [5.41, 5.74) is 6.18. The molecule has 0 saturated carbocycles. The number of hydrogen-bond donors (Lipinski definition) is 1. The maximum absolute atomic E-state index is 12.4. The first kappa shape index (κ1) is 6.01. The fourth-order valence-electron chi connectivity index (χ4n) is 0.515. The van der Waals surface area contributed by atoms with Crippen molar-refractivity contribution in [3.8, 4) is 0 Å². The highest BCUT2D eigenvalue weighted by Crippen LogP contribution is 2.10. The molecule has 1 aromatic heterocycles. The Morgan fingerprint density at radius 2 is 2.22 bits per heavy atom. The molecule has 0 amide bonds. The van der Waals surface area contributed by atoms with Crippen molar-refractivity contribution in [2.24, 2.45) is 0 Å². The lowest BCUT2D eigenvalue weighted by molar-refractivity contribution is 0.613. The van der Waals surface area contributed by atoms with Crippen molar-refractivity contribution < 1.29 is 4.39 Å². The number of hydrogen-bond acceptors (Lipinski definition) is 2. The SMILES string of the molecule is Cc1c(N)cncc1F. The minimum Gasteiger partial charge on any atom is -0.397 e. The molecule has 0 unspecified atom stereocenters. The normalized spacial score (nSPS) is 9.56. The van der Waals surface area contributed by atoms with Crippen LogP contribution in [0, 0.1) is 12.7 Å². The molecule has 1 rings (SSSR count). The third kappa shape index (κ3) is 0.988. The van der Waals surface area contributed by atoms with Crippen molar-refractivity contribution in [3.63, 3.8) is 0 Å². The first-order chi connectivity index (χ1) is 4.22. The molecule has 0 aliphatic heterocycles. The lowest BCUT2D eigenvalue weighted by Crippen LogP contribution is -1.93. The molecule has 1 heterocycles. The van der Waals surface area contributed by atoms with E-state index in [1.54, 1.807) is 6.92 Å². The van der Waals surface area contributed by atoms with E-state index in [0.717, 1.165) is 6.20 Å². The van der Waals surface area contributed by atoms with Gasteiger partial charge in [0.05, 0.1) is 18.1 Å². The average molecular weight is 126 g/mol. The standard InChI is InChI=1S/C6H7FN2/c1-4-5(7)2-9-3-6(4)8/h2-3H,8H2,1H3. The van der Waals surface area contributed by atoms with Gasteiger partial charge in [-0.25, -0.2) is 4.39 Å². The van der Waals surface area contributed by atoms with Crippen molar-refractivity contribution in [1.29, 1.82) is 0 Å². The fraction of sp³-hybridized carbons (Fsp3) is 0.167. The van der Waals surface area contributed by atoms with E-state index in [1.165, 1.54) is 6.20 Å². The molecule has 0 atom stereocenters. The molecule has 0 fully saturated rings. The molecule has 3 heteroatoms. The van der Waals surface area contributed by atoms with Gasteiger partial charge in [-0.3, -0.25) is 4.98 Å². The van der Waals surface area contributed by atoms with Gasteiger partial charge in [0.15, 0.2) is 0 Å². The summed E-state index contributed by atoms with van der Waals surface area (Å²) in [5.74, 6) is -0.352. The zero-order valence-electron chi connectivity index (χ0n) is 5.06. The highest BCUT2D eigenvalue weighted by molar-refractivity contribution is 5.43. The number of nitrogens with two attached hydrogens (primary N) is 1. The van der Waals surface area contributed by atoms with Crippen LogP contribution >= 0.6 is 0 Å². The fourth-order valence-corrected chi connectivity index (χ4v) is 0.515. The number of nitrogen functional groups attached to an aromatic ring is 1. The van der Waals surface area contributed by atoms with Gasteiger partial charge in [0.25, 0.3) is 0 Å². The summed E-state index contributed by atoms with van der Waals surface area (Å²) in [6, 6.07) is 0. The monoisotopic (exact) mass is 126 g/mol. The van der Waals surface area contributed by atoms with Crippen LogP contribution in [-0.2, 0) is 0 Å². The number of anilines is 1. The second-order valence-electron chi connectivity index (χ2n) is 1.84. The van der Waals surface area contributed by atoms with Crippen molar-refractivity contribution in [2.45, 2.75) is 6.92 Å². The second kappa shape index (κ2) is 2.01. The minimum atomic E-state index is -0.352. The molecule has 0 spiro atoms. The largest absolute Gasteiger partial charge is 0.397 e. The second-order valence-corrected chi connectivity index (χ2v) is 1.84. The van der Waals surface area contributed by atoms with Gasteiger partial charge in [0, 0.05) is 5.56 Å². The van der Waals surface area contributed by atoms with Crippen LogP contribution in [0.3, 0.4) is 0 Å². The first-order valence-electron chi connectivity index (χ1n) is 2.57. The highest BCUT2D eigenvalue weighted by Gasteiger charge is 1.97. The summed E-state index contributed by atoms with van der Waals surface area (Å²) < 4.78 is 12.4. The van der Waals surface area contributed by atoms with Gasteiger partial charge in [-0.05, 0) is 6.92 Å². The van der Waals surface area contributed by atoms with Crippen LogP contribution in [-0.4, -0.2) is 4.98 Å². The van der Waals surface area contributed by atoms with Crippen LogP contribution in [0.25, 0.3) is 0 Å². The van der Waals surface area contributed by atoms with E-state index in [1.807, 2.05) is 0 Å². The van der Waals surface area contributed by atoms with Gasteiger partial charge in [-0.2, -0.15) is 0 Å². The molecule has 48 valence electrons. The van der Waals surface area contributed by atoms with Gasteiger partial charge in [0.2, 0.25) is 0 Å². The molecule has 2 nitrogen and oxygen atoms in total. The van der Waals surface area contributed by atoms with Gasteiger partial charge in [-0.1, -0.05) is 0 Å². The first-order valence-corrected chi connectivity index (χ1v) is 2.57. The molecule has 0 aliphatic carbocycles. The third-order valence-electron chi connectivity index (χ3n) is 1.19. The molecule has 0 aromatic carbocycles. The van der Waals surface area contributed by atoms with Gasteiger partial charge in [-0.15, -0.1) is 0 Å². The van der Waals surface area contributed by atoms with Crippen LogP contribution in [0.5, 0.6) is 0 Å². The molecule has 0 aliphatic rings. The lowest BCUT2D eigenvalue weighted by atomic mass is 10.2. The summed E-state index contributed by atoms with van der Waals surface area (Å²) in [6.07, 6.45) is 2.57. The number of aromatic nitrogens is 1. The molecule has 2 N–H and O–H groups in total. The smallest absolute Gasteiger partial charge is 0.146 e. The quantitative estimate of drug-likeness (QED) is 0.565. The summed E-state index contributed by atoms with van der Waals surface area (Å²) in [7, 11) is 0. The predicted molar refractivity (Wildman–Crippen MR) is 33.3 cm³/mol. The Labute approximate surface area is 52.5 Å². The van der Waals surface area contributed by atoms with Gasteiger partial charge >= 0.3 is 0 Å². The van der Waals surface area contributed by atoms with Crippen LogP contribution in [0.1, 0.15) is 5.56 Å². The highest BCUT2D eigenvalue weighted by atomic mass is 19.1. The Morgan fingerprint density at radius 1 is 1.56 bits per heavy atom. The maximum atomic E-state index is 12.4. The van der Waals surface area contributed by atoms with E-state index < -0.39 is 0 Å². The Kier molecular flexibility index (Phi) is 1.34. The zero-order valence-corrected chi connectivity index (χ0v) is 5.06. The van der Waals surface area contributed by atoms with Crippen LogP contribution in [0.2, 0.25) is 0 Å².